The fraction of sp³-hybridized carbons (Fsp3) is 0.520. The van der Waals surface area contributed by atoms with Crippen LogP contribution in [0.3, 0.4) is 0 Å². The molecule has 0 amide bonds. The minimum Gasteiger partial charge on any atom is -0.480 e. The number of unbranched alkanes of at least 4 members (excludes halogenated alkanes) is 1. The number of nitrogens with one attached hydrogen (secondary N) is 1. The van der Waals surface area contributed by atoms with Crippen molar-refractivity contribution in [2.45, 2.75) is 57.1 Å². The van der Waals surface area contributed by atoms with Gasteiger partial charge in [0, 0.05) is 31.9 Å². The molecule has 3 atom stereocenters. The van der Waals surface area contributed by atoms with Crippen LogP contribution >= 0.6 is 0 Å². The van der Waals surface area contributed by atoms with Crippen LogP contribution in [0, 0.1) is 0 Å². The molecule has 1 saturated heterocycles. The maximum Gasteiger partial charge on any atom is 0.325 e. The highest BCUT2D eigenvalue weighted by Gasteiger charge is 2.33. The van der Waals surface area contributed by atoms with Gasteiger partial charge in [-0.3, -0.25) is 9.69 Å². The molecule has 31 heavy (non-hydrogen) atoms. The Morgan fingerprint density at radius 3 is 2.87 bits per heavy atom. The summed E-state index contributed by atoms with van der Waals surface area (Å²) in [7, 11) is 0. The van der Waals surface area contributed by atoms with Gasteiger partial charge in [0.1, 0.15) is 11.9 Å². The molecule has 1 fully saturated rings. The normalized spacial score (nSPS) is 22.0. The van der Waals surface area contributed by atoms with Crippen LogP contribution in [0.2, 0.25) is 0 Å². The molecule has 0 spiro atoms. The molecular formula is C25H33N3O3. The quantitative estimate of drug-likeness (QED) is 0.588. The molecular weight excluding hydrogens is 390 g/mol. The molecule has 0 saturated carbocycles. The number of pyridine rings is 1. The van der Waals surface area contributed by atoms with Crippen molar-refractivity contribution >= 4 is 11.8 Å². The van der Waals surface area contributed by atoms with E-state index in [9.17, 15) is 9.90 Å². The van der Waals surface area contributed by atoms with Crippen molar-refractivity contribution in [2.75, 3.05) is 31.6 Å². The zero-order valence-corrected chi connectivity index (χ0v) is 18.3. The Kier molecular flexibility index (Phi) is 7.20. The molecule has 0 aliphatic carbocycles. The van der Waals surface area contributed by atoms with Gasteiger partial charge in [-0.05, 0) is 55.2 Å². The minimum absolute atomic E-state index is 0.109. The largest absolute Gasteiger partial charge is 0.480 e. The molecule has 4 rings (SSSR count). The van der Waals surface area contributed by atoms with Gasteiger partial charge in [0.25, 0.3) is 0 Å². The van der Waals surface area contributed by atoms with Crippen molar-refractivity contribution < 1.29 is 14.6 Å². The third kappa shape index (κ3) is 5.43. The SMILES string of the molecule is CC1CCNc2nc(CCCCO[C@@H]3CCN(C(C(=O)O)c4ccccc4)C3)ccc21. The van der Waals surface area contributed by atoms with Crippen molar-refractivity contribution in [1.29, 1.82) is 0 Å². The monoisotopic (exact) mass is 423 g/mol. The number of fused-ring (bicyclic) bond motifs is 1. The van der Waals surface area contributed by atoms with E-state index in [-0.39, 0.29) is 6.10 Å². The number of anilines is 1. The van der Waals surface area contributed by atoms with Crippen LogP contribution in [0.5, 0.6) is 0 Å². The number of hydrogen-bond acceptors (Lipinski definition) is 5. The van der Waals surface area contributed by atoms with Crippen LogP contribution in [-0.2, 0) is 16.0 Å². The number of rotatable bonds is 9. The van der Waals surface area contributed by atoms with E-state index in [1.54, 1.807) is 0 Å². The first-order chi connectivity index (χ1) is 15.1. The maximum absolute atomic E-state index is 11.8. The van der Waals surface area contributed by atoms with Crippen LogP contribution in [0.4, 0.5) is 5.82 Å². The van der Waals surface area contributed by atoms with E-state index < -0.39 is 12.0 Å². The second-order valence-electron chi connectivity index (χ2n) is 8.74. The van der Waals surface area contributed by atoms with Gasteiger partial charge in [0.2, 0.25) is 0 Å². The summed E-state index contributed by atoms with van der Waals surface area (Å²) in [5.74, 6) is 0.845. The van der Waals surface area contributed by atoms with Crippen molar-refractivity contribution in [3.8, 4) is 0 Å². The van der Waals surface area contributed by atoms with Crippen molar-refractivity contribution in [3.63, 3.8) is 0 Å². The number of benzene rings is 1. The van der Waals surface area contributed by atoms with E-state index in [1.807, 2.05) is 35.2 Å². The van der Waals surface area contributed by atoms with Gasteiger partial charge < -0.3 is 15.2 Å². The number of carboxylic acid groups (broad SMARTS) is 1. The average Bonchev–Trinajstić information content (AvgIpc) is 3.22. The lowest BCUT2D eigenvalue weighted by Gasteiger charge is -2.24. The van der Waals surface area contributed by atoms with Gasteiger partial charge >= 0.3 is 5.97 Å². The number of carbonyl (C=O) groups is 1. The van der Waals surface area contributed by atoms with Gasteiger partial charge in [-0.2, -0.15) is 0 Å². The second kappa shape index (κ2) is 10.2. The van der Waals surface area contributed by atoms with Crippen molar-refractivity contribution in [3.05, 3.63) is 59.3 Å². The summed E-state index contributed by atoms with van der Waals surface area (Å²) in [4.78, 5) is 18.7. The van der Waals surface area contributed by atoms with Crippen molar-refractivity contribution in [1.82, 2.24) is 9.88 Å². The van der Waals surface area contributed by atoms with Gasteiger partial charge in [-0.25, -0.2) is 4.98 Å². The number of carboxylic acids is 1. The van der Waals surface area contributed by atoms with Crippen LogP contribution in [-0.4, -0.2) is 53.3 Å². The van der Waals surface area contributed by atoms with E-state index in [4.69, 9.17) is 9.72 Å². The first-order valence-corrected chi connectivity index (χ1v) is 11.5. The van der Waals surface area contributed by atoms with E-state index in [2.05, 4.69) is 24.4 Å². The molecule has 6 heteroatoms. The number of aliphatic carboxylic acids is 1. The van der Waals surface area contributed by atoms with E-state index >= 15 is 0 Å². The number of aryl methyl sites for hydroxylation is 1. The molecule has 3 heterocycles. The lowest BCUT2D eigenvalue weighted by Crippen LogP contribution is -2.33. The van der Waals surface area contributed by atoms with Crippen LogP contribution in [0.1, 0.15) is 61.4 Å². The summed E-state index contributed by atoms with van der Waals surface area (Å²) in [5.41, 5.74) is 3.30. The highest BCUT2D eigenvalue weighted by Crippen LogP contribution is 2.30. The Hall–Kier alpha value is -2.44. The van der Waals surface area contributed by atoms with Gasteiger partial charge in [0.15, 0.2) is 0 Å². The molecule has 6 nitrogen and oxygen atoms in total. The molecule has 1 aromatic carbocycles. The number of aromatic nitrogens is 1. The highest BCUT2D eigenvalue weighted by atomic mass is 16.5. The number of hydrogen-bond donors (Lipinski definition) is 2. The topological polar surface area (TPSA) is 74.7 Å². The first-order valence-electron chi connectivity index (χ1n) is 11.5. The molecule has 2 unspecified atom stereocenters. The van der Waals surface area contributed by atoms with E-state index in [0.717, 1.165) is 55.8 Å². The summed E-state index contributed by atoms with van der Waals surface area (Å²) >= 11 is 0. The fourth-order valence-corrected chi connectivity index (χ4v) is 4.68. The summed E-state index contributed by atoms with van der Waals surface area (Å²) in [6.07, 6.45) is 5.14. The Balaban J connectivity index is 1.19. The number of nitrogens with zero attached hydrogens (tertiary/aromatic N) is 2. The third-order valence-corrected chi connectivity index (χ3v) is 6.46. The maximum atomic E-state index is 11.8. The van der Waals surface area contributed by atoms with E-state index in [0.29, 0.717) is 19.1 Å². The van der Waals surface area contributed by atoms with Crippen LogP contribution in [0.15, 0.2) is 42.5 Å². The van der Waals surface area contributed by atoms with E-state index in [1.165, 1.54) is 12.0 Å². The molecule has 2 aliphatic rings. The van der Waals surface area contributed by atoms with Gasteiger partial charge in [-0.15, -0.1) is 0 Å². The average molecular weight is 424 g/mol. The Morgan fingerprint density at radius 2 is 2.06 bits per heavy atom. The molecule has 2 aliphatic heterocycles. The van der Waals surface area contributed by atoms with Crippen molar-refractivity contribution in [2.24, 2.45) is 0 Å². The fourth-order valence-electron chi connectivity index (χ4n) is 4.68. The Morgan fingerprint density at radius 1 is 1.23 bits per heavy atom. The summed E-state index contributed by atoms with van der Waals surface area (Å²) in [5, 5.41) is 13.1. The lowest BCUT2D eigenvalue weighted by atomic mass is 9.95. The molecule has 1 aromatic heterocycles. The minimum atomic E-state index is -0.798. The molecule has 2 aromatic rings. The molecule has 0 radical (unpaired) electrons. The van der Waals surface area contributed by atoms with Gasteiger partial charge in [-0.1, -0.05) is 43.3 Å². The second-order valence-corrected chi connectivity index (χ2v) is 8.74. The zero-order chi connectivity index (χ0) is 21.6. The highest BCUT2D eigenvalue weighted by molar-refractivity contribution is 5.75. The smallest absolute Gasteiger partial charge is 0.325 e. The van der Waals surface area contributed by atoms with Gasteiger partial charge in [0.05, 0.1) is 6.10 Å². The number of ether oxygens (including phenoxy) is 1. The first kappa shape index (κ1) is 21.8. The molecule has 2 N–H and O–H groups in total. The summed E-state index contributed by atoms with van der Waals surface area (Å²) in [6.45, 7) is 5.40. The standard InChI is InChI=1S/C25H33N3O3/c1-18-12-14-26-24-22(18)11-10-20(27-24)9-5-6-16-31-21-13-15-28(17-21)23(25(29)30)19-7-3-2-4-8-19/h2-4,7-8,10-11,18,21,23H,5-6,9,12-17H2,1H3,(H,26,27)(H,29,30)/t18?,21-,23?/m1/s1. The zero-order valence-electron chi connectivity index (χ0n) is 18.3. The summed E-state index contributed by atoms with van der Waals surface area (Å²) < 4.78 is 6.07. The number of likely N-dealkylation sites (tertiary alicyclic amines) is 1. The van der Waals surface area contributed by atoms with Crippen LogP contribution < -0.4 is 5.32 Å². The Labute approximate surface area is 184 Å². The molecule has 0 bridgehead atoms. The third-order valence-electron chi connectivity index (χ3n) is 6.46. The Bertz CT molecular complexity index is 874. The lowest BCUT2D eigenvalue weighted by molar-refractivity contribution is -0.143. The molecule has 166 valence electrons. The summed E-state index contributed by atoms with van der Waals surface area (Å²) in [6, 6.07) is 13.3. The van der Waals surface area contributed by atoms with Crippen LogP contribution in [0.25, 0.3) is 0 Å². The predicted molar refractivity (Wildman–Crippen MR) is 121 cm³/mol. The predicted octanol–water partition coefficient (Wildman–Crippen LogP) is 4.24.